The summed E-state index contributed by atoms with van der Waals surface area (Å²) in [4.78, 5) is 14.8. The quantitative estimate of drug-likeness (QED) is 0.801. The van der Waals surface area contributed by atoms with Crippen molar-refractivity contribution >= 4 is 5.91 Å². The molecular weight excluding hydrogens is 274 g/mol. The van der Waals surface area contributed by atoms with Gasteiger partial charge in [-0.15, -0.1) is 0 Å². The highest BCUT2D eigenvalue weighted by molar-refractivity contribution is 5.77. The minimum Gasteiger partial charge on any atom is -0.338 e. The Morgan fingerprint density at radius 3 is 2.86 bits per heavy atom. The van der Waals surface area contributed by atoms with Crippen LogP contribution in [-0.2, 0) is 11.3 Å². The normalized spacial score (nSPS) is 24.9. The second-order valence-electron chi connectivity index (χ2n) is 6.82. The van der Waals surface area contributed by atoms with E-state index in [0.29, 0.717) is 24.3 Å². The molecule has 1 saturated heterocycles. The first kappa shape index (κ1) is 15.3. The third-order valence-corrected chi connectivity index (χ3v) is 4.98. The molecule has 22 heavy (non-hydrogen) atoms. The highest BCUT2D eigenvalue weighted by Gasteiger charge is 2.28. The van der Waals surface area contributed by atoms with Crippen molar-refractivity contribution in [1.29, 1.82) is 0 Å². The van der Waals surface area contributed by atoms with Crippen LogP contribution in [0.3, 0.4) is 0 Å². The SMILES string of the molecule is Cc1cc(C)n(CC2CCCCN2C(=O)CC2C=CCC2)n1. The van der Waals surface area contributed by atoms with E-state index in [4.69, 9.17) is 0 Å². The Labute approximate surface area is 133 Å². The largest absolute Gasteiger partial charge is 0.338 e. The Morgan fingerprint density at radius 2 is 2.18 bits per heavy atom. The summed E-state index contributed by atoms with van der Waals surface area (Å²) >= 11 is 0. The van der Waals surface area contributed by atoms with Crippen LogP contribution in [0.2, 0.25) is 0 Å². The first-order chi connectivity index (χ1) is 10.6. The lowest BCUT2D eigenvalue weighted by atomic mass is 9.98. The molecular formula is C18H27N3O. The molecule has 0 bridgehead atoms. The summed E-state index contributed by atoms with van der Waals surface area (Å²) in [5, 5.41) is 4.57. The number of likely N-dealkylation sites (tertiary alicyclic amines) is 1. The third-order valence-electron chi connectivity index (χ3n) is 4.98. The third kappa shape index (κ3) is 3.42. The minimum atomic E-state index is 0.310. The second kappa shape index (κ2) is 6.67. The fourth-order valence-corrected chi connectivity index (χ4v) is 3.78. The van der Waals surface area contributed by atoms with E-state index >= 15 is 0 Å². The van der Waals surface area contributed by atoms with Crippen LogP contribution in [0.25, 0.3) is 0 Å². The maximum absolute atomic E-state index is 12.7. The summed E-state index contributed by atoms with van der Waals surface area (Å²) < 4.78 is 2.07. The fraction of sp³-hybridized carbons (Fsp3) is 0.667. The van der Waals surface area contributed by atoms with Crippen molar-refractivity contribution in [1.82, 2.24) is 14.7 Å². The van der Waals surface area contributed by atoms with Gasteiger partial charge in [-0.3, -0.25) is 9.48 Å². The average Bonchev–Trinajstić information content (AvgIpc) is 3.10. The Morgan fingerprint density at radius 1 is 1.32 bits per heavy atom. The molecule has 1 fully saturated rings. The van der Waals surface area contributed by atoms with Crippen LogP contribution in [0.4, 0.5) is 0 Å². The fourth-order valence-electron chi connectivity index (χ4n) is 3.78. The highest BCUT2D eigenvalue weighted by atomic mass is 16.2. The summed E-state index contributed by atoms with van der Waals surface area (Å²) in [5.74, 6) is 0.798. The molecule has 0 aromatic carbocycles. The zero-order valence-electron chi connectivity index (χ0n) is 13.8. The standard InChI is InChI=1S/C18H27N3O/c1-14-11-15(2)21(19-14)13-17-9-5-6-10-20(17)18(22)12-16-7-3-4-8-16/h3,7,11,16-17H,4-6,8-10,12-13H2,1-2H3. The van der Waals surface area contributed by atoms with E-state index in [0.717, 1.165) is 44.5 Å². The molecule has 0 radical (unpaired) electrons. The summed E-state index contributed by atoms with van der Waals surface area (Å²) in [6, 6.07) is 2.42. The Balaban J connectivity index is 1.66. The van der Waals surface area contributed by atoms with E-state index in [1.807, 2.05) is 6.92 Å². The van der Waals surface area contributed by atoms with Crippen LogP contribution >= 0.6 is 0 Å². The van der Waals surface area contributed by atoms with Crippen LogP contribution in [0, 0.1) is 19.8 Å². The van der Waals surface area contributed by atoms with Crippen LogP contribution < -0.4 is 0 Å². The van der Waals surface area contributed by atoms with Gasteiger partial charge in [0.25, 0.3) is 0 Å². The van der Waals surface area contributed by atoms with E-state index in [-0.39, 0.29) is 0 Å². The van der Waals surface area contributed by atoms with Gasteiger partial charge in [-0.05, 0) is 57.9 Å². The van der Waals surface area contributed by atoms with E-state index in [1.54, 1.807) is 0 Å². The number of hydrogen-bond acceptors (Lipinski definition) is 2. The lowest BCUT2D eigenvalue weighted by Gasteiger charge is -2.36. The van der Waals surface area contributed by atoms with Crippen molar-refractivity contribution in [3.8, 4) is 0 Å². The van der Waals surface area contributed by atoms with E-state index in [1.165, 1.54) is 12.1 Å². The summed E-state index contributed by atoms with van der Waals surface area (Å²) in [7, 11) is 0. The van der Waals surface area contributed by atoms with Gasteiger partial charge in [-0.25, -0.2) is 0 Å². The van der Waals surface area contributed by atoms with E-state index < -0.39 is 0 Å². The maximum atomic E-state index is 12.7. The number of rotatable bonds is 4. The van der Waals surface area contributed by atoms with Gasteiger partial charge in [-0.2, -0.15) is 5.10 Å². The number of hydrogen-bond donors (Lipinski definition) is 0. The van der Waals surface area contributed by atoms with Crippen molar-refractivity contribution in [2.75, 3.05) is 6.54 Å². The predicted molar refractivity (Wildman–Crippen MR) is 87.5 cm³/mol. The number of carbonyl (C=O) groups is 1. The molecule has 0 saturated carbocycles. The first-order valence-corrected chi connectivity index (χ1v) is 8.60. The number of aryl methyl sites for hydroxylation is 2. The number of allylic oxidation sites excluding steroid dienone is 2. The summed E-state index contributed by atoms with van der Waals surface area (Å²) in [5.41, 5.74) is 2.25. The second-order valence-corrected chi connectivity index (χ2v) is 6.82. The summed E-state index contributed by atoms with van der Waals surface area (Å²) in [6.45, 7) is 5.88. The molecule has 0 spiro atoms. The predicted octanol–water partition coefficient (Wildman–Crippen LogP) is 3.24. The van der Waals surface area contributed by atoms with Crippen molar-refractivity contribution in [2.45, 2.75) is 65.0 Å². The molecule has 2 unspecified atom stereocenters. The van der Waals surface area contributed by atoms with Gasteiger partial charge in [0.15, 0.2) is 0 Å². The van der Waals surface area contributed by atoms with Crippen LogP contribution in [0.1, 0.15) is 49.9 Å². The van der Waals surface area contributed by atoms with Crippen molar-refractivity contribution < 1.29 is 4.79 Å². The monoisotopic (exact) mass is 301 g/mol. The lowest BCUT2D eigenvalue weighted by Crippen LogP contribution is -2.46. The van der Waals surface area contributed by atoms with E-state index in [2.05, 4.69) is 39.8 Å². The van der Waals surface area contributed by atoms with Crippen LogP contribution in [-0.4, -0.2) is 33.2 Å². The maximum Gasteiger partial charge on any atom is 0.223 e. The number of carbonyl (C=O) groups excluding carboxylic acids is 1. The molecule has 3 rings (SSSR count). The molecule has 1 aliphatic carbocycles. The number of piperidine rings is 1. The number of nitrogens with zero attached hydrogens (tertiary/aromatic N) is 3. The zero-order valence-corrected chi connectivity index (χ0v) is 13.8. The Kier molecular flexibility index (Phi) is 4.65. The smallest absolute Gasteiger partial charge is 0.223 e. The summed E-state index contributed by atoms with van der Waals surface area (Å²) in [6.07, 6.45) is 10.8. The molecule has 2 atom stereocenters. The van der Waals surface area contributed by atoms with Gasteiger partial charge < -0.3 is 4.90 Å². The molecule has 2 heterocycles. The molecule has 4 nitrogen and oxygen atoms in total. The molecule has 1 aromatic heterocycles. The molecule has 1 aromatic rings. The average molecular weight is 301 g/mol. The van der Waals surface area contributed by atoms with Crippen molar-refractivity contribution in [3.05, 3.63) is 29.6 Å². The Hall–Kier alpha value is -1.58. The van der Waals surface area contributed by atoms with Gasteiger partial charge in [0.2, 0.25) is 5.91 Å². The van der Waals surface area contributed by atoms with Gasteiger partial charge in [0, 0.05) is 18.7 Å². The first-order valence-electron chi connectivity index (χ1n) is 8.60. The zero-order chi connectivity index (χ0) is 15.5. The molecule has 2 aliphatic rings. The molecule has 1 aliphatic heterocycles. The van der Waals surface area contributed by atoms with Gasteiger partial charge in [-0.1, -0.05) is 12.2 Å². The van der Waals surface area contributed by atoms with E-state index in [9.17, 15) is 4.79 Å². The minimum absolute atomic E-state index is 0.310. The van der Waals surface area contributed by atoms with Crippen LogP contribution in [0.5, 0.6) is 0 Å². The van der Waals surface area contributed by atoms with Gasteiger partial charge in [0.1, 0.15) is 0 Å². The molecule has 120 valence electrons. The number of amides is 1. The van der Waals surface area contributed by atoms with Gasteiger partial charge in [0.05, 0.1) is 18.3 Å². The van der Waals surface area contributed by atoms with Crippen molar-refractivity contribution in [2.24, 2.45) is 5.92 Å². The highest BCUT2D eigenvalue weighted by Crippen LogP contribution is 2.25. The topological polar surface area (TPSA) is 38.1 Å². The van der Waals surface area contributed by atoms with Crippen molar-refractivity contribution in [3.63, 3.8) is 0 Å². The van der Waals surface area contributed by atoms with Gasteiger partial charge >= 0.3 is 0 Å². The Bertz CT molecular complexity index is 561. The molecule has 1 amide bonds. The molecule has 0 N–H and O–H groups in total. The molecule has 4 heteroatoms. The lowest BCUT2D eigenvalue weighted by molar-refractivity contribution is -0.136. The van der Waals surface area contributed by atoms with Crippen LogP contribution in [0.15, 0.2) is 18.2 Å². The number of aromatic nitrogens is 2.